The van der Waals surface area contributed by atoms with Crippen LogP contribution in [0.25, 0.3) is 0 Å². The van der Waals surface area contributed by atoms with Gasteiger partial charge in [0.2, 0.25) is 10.0 Å². The molecule has 0 radical (unpaired) electrons. The number of nitrogens with zero attached hydrogens (tertiary/aromatic N) is 4. The van der Waals surface area contributed by atoms with Crippen molar-refractivity contribution in [1.82, 2.24) is 4.31 Å². The summed E-state index contributed by atoms with van der Waals surface area (Å²) >= 11 is 11.9. The maximum Gasteiger partial charge on any atom is 0.270 e. The van der Waals surface area contributed by atoms with Gasteiger partial charge < -0.3 is 4.90 Å². The first-order valence-corrected chi connectivity index (χ1v) is 10.3. The first-order chi connectivity index (χ1) is 13.2. The van der Waals surface area contributed by atoms with Crippen molar-refractivity contribution in [2.75, 3.05) is 31.1 Å². The SMILES string of the molecule is N#Cc1cc([N+](=O)[O-])ccc1N1CCN(S(=O)(=O)c2cc(Cl)ccc2Cl)CC1. The van der Waals surface area contributed by atoms with Crippen LogP contribution < -0.4 is 4.90 Å². The molecule has 2 aromatic rings. The minimum atomic E-state index is -3.82. The average molecular weight is 441 g/mol. The molecule has 1 aliphatic heterocycles. The molecule has 0 aliphatic carbocycles. The van der Waals surface area contributed by atoms with Crippen molar-refractivity contribution >= 4 is 44.6 Å². The molecule has 0 saturated carbocycles. The highest BCUT2D eigenvalue weighted by Crippen LogP contribution is 2.30. The van der Waals surface area contributed by atoms with Crippen LogP contribution in [0.3, 0.4) is 0 Å². The third kappa shape index (κ3) is 3.91. The lowest BCUT2D eigenvalue weighted by molar-refractivity contribution is -0.384. The summed E-state index contributed by atoms with van der Waals surface area (Å²) in [6.45, 7) is 0.994. The summed E-state index contributed by atoms with van der Waals surface area (Å²) in [6.07, 6.45) is 0. The lowest BCUT2D eigenvalue weighted by atomic mass is 10.1. The standard InChI is InChI=1S/C17H14Cl2N4O4S/c18-13-1-3-15(19)17(10-13)28(26,27)22-7-5-21(6-8-22)16-4-2-14(23(24)25)9-12(16)11-20/h1-4,9-10H,5-8H2. The highest BCUT2D eigenvalue weighted by Gasteiger charge is 2.31. The number of hydrogen-bond acceptors (Lipinski definition) is 6. The molecule has 8 nitrogen and oxygen atoms in total. The minimum Gasteiger partial charge on any atom is -0.368 e. The predicted octanol–water partition coefficient (Wildman–Crippen LogP) is 3.28. The van der Waals surface area contributed by atoms with E-state index < -0.39 is 14.9 Å². The van der Waals surface area contributed by atoms with Gasteiger partial charge in [-0.3, -0.25) is 10.1 Å². The second-order valence-electron chi connectivity index (χ2n) is 6.04. The Balaban J connectivity index is 1.81. The third-order valence-corrected chi connectivity index (χ3v) is 7.02. The summed E-state index contributed by atoms with van der Waals surface area (Å²) in [5, 5.41) is 20.6. The molecule has 11 heteroatoms. The Morgan fingerprint density at radius 3 is 2.36 bits per heavy atom. The van der Waals surface area contributed by atoms with Crippen LogP contribution in [0.2, 0.25) is 10.0 Å². The largest absolute Gasteiger partial charge is 0.368 e. The molecule has 1 heterocycles. The maximum atomic E-state index is 12.9. The molecule has 0 aromatic heterocycles. The Morgan fingerprint density at radius 2 is 1.75 bits per heavy atom. The number of rotatable bonds is 4. The summed E-state index contributed by atoms with van der Waals surface area (Å²) in [5.41, 5.74) is 0.534. The number of piperazine rings is 1. The van der Waals surface area contributed by atoms with E-state index in [2.05, 4.69) is 0 Å². The average Bonchev–Trinajstić information content (AvgIpc) is 2.69. The van der Waals surface area contributed by atoms with E-state index in [9.17, 15) is 23.8 Å². The van der Waals surface area contributed by atoms with Gasteiger partial charge in [-0.05, 0) is 24.3 Å². The lowest BCUT2D eigenvalue weighted by Crippen LogP contribution is -2.48. The quantitative estimate of drug-likeness (QED) is 0.532. The molecule has 0 bridgehead atoms. The summed E-state index contributed by atoms with van der Waals surface area (Å²) in [6, 6.07) is 10.3. The lowest BCUT2D eigenvalue weighted by Gasteiger charge is -2.35. The molecule has 0 unspecified atom stereocenters. The Bertz CT molecular complexity index is 1080. The monoisotopic (exact) mass is 440 g/mol. The van der Waals surface area contributed by atoms with E-state index in [0.717, 1.165) is 0 Å². The highest BCUT2D eigenvalue weighted by atomic mass is 35.5. The van der Waals surface area contributed by atoms with Crippen LogP contribution in [0.1, 0.15) is 5.56 Å². The molecule has 1 fully saturated rings. The molecule has 2 aromatic carbocycles. The normalized spacial score (nSPS) is 15.2. The molecule has 28 heavy (non-hydrogen) atoms. The summed E-state index contributed by atoms with van der Waals surface area (Å²) in [4.78, 5) is 12.1. The molecule has 0 spiro atoms. The number of nitro benzene ring substituents is 1. The van der Waals surface area contributed by atoms with Crippen molar-refractivity contribution in [3.05, 3.63) is 62.1 Å². The number of nitriles is 1. The molecule has 146 valence electrons. The van der Waals surface area contributed by atoms with E-state index >= 15 is 0 Å². The number of halogens is 2. The van der Waals surface area contributed by atoms with E-state index in [4.69, 9.17) is 23.2 Å². The van der Waals surface area contributed by atoms with Crippen molar-refractivity contribution in [1.29, 1.82) is 5.26 Å². The van der Waals surface area contributed by atoms with Crippen molar-refractivity contribution in [3.63, 3.8) is 0 Å². The van der Waals surface area contributed by atoms with Crippen LogP contribution in [0.15, 0.2) is 41.3 Å². The molecule has 0 atom stereocenters. The van der Waals surface area contributed by atoms with Gasteiger partial charge in [0.25, 0.3) is 5.69 Å². The zero-order valence-corrected chi connectivity index (χ0v) is 16.7. The number of non-ortho nitro benzene ring substituents is 1. The fourth-order valence-corrected chi connectivity index (χ4v) is 5.15. The molecular weight excluding hydrogens is 427 g/mol. The summed E-state index contributed by atoms with van der Waals surface area (Å²) in [7, 11) is -3.82. The van der Waals surface area contributed by atoms with Gasteiger partial charge in [0, 0.05) is 43.3 Å². The Kier molecular flexibility index (Phi) is 5.76. The van der Waals surface area contributed by atoms with E-state index in [-0.39, 0.29) is 39.3 Å². The van der Waals surface area contributed by atoms with E-state index in [1.807, 2.05) is 11.0 Å². The number of hydrogen-bond donors (Lipinski definition) is 0. The molecule has 1 aliphatic rings. The van der Waals surface area contributed by atoms with Gasteiger partial charge in [0.15, 0.2) is 0 Å². The molecule has 0 N–H and O–H groups in total. The summed E-state index contributed by atoms with van der Waals surface area (Å²) in [5.74, 6) is 0. The predicted molar refractivity (Wildman–Crippen MR) is 105 cm³/mol. The zero-order valence-electron chi connectivity index (χ0n) is 14.4. The fourth-order valence-electron chi connectivity index (χ4n) is 2.99. The minimum absolute atomic E-state index is 0.0526. The van der Waals surface area contributed by atoms with Crippen molar-refractivity contribution in [2.24, 2.45) is 0 Å². The van der Waals surface area contributed by atoms with Crippen LogP contribution in [0.4, 0.5) is 11.4 Å². The van der Waals surface area contributed by atoms with Gasteiger partial charge in [0.1, 0.15) is 11.0 Å². The van der Waals surface area contributed by atoms with Gasteiger partial charge in [0.05, 0.1) is 21.2 Å². The van der Waals surface area contributed by atoms with E-state index in [1.54, 1.807) is 0 Å². The van der Waals surface area contributed by atoms with Crippen molar-refractivity contribution in [2.45, 2.75) is 4.90 Å². The molecule has 1 saturated heterocycles. The topological polar surface area (TPSA) is 108 Å². The second-order valence-corrected chi connectivity index (χ2v) is 8.79. The van der Waals surface area contributed by atoms with Gasteiger partial charge in [-0.1, -0.05) is 23.2 Å². The van der Waals surface area contributed by atoms with Crippen LogP contribution in [-0.4, -0.2) is 43.8 Å². The molecule has 0 amide bonds. The third-order valence-electron chi connectivity index (χ3n) is 4.40. The highest BCUT2D eigenvalue weighted by molar-refractivity contribution is 7.89. The first-order valence-electron chi connectivity index (χ1n) is 8.12. The summed E-state index contributed by atoms with van der Waals surface area (Å²) < 4.78 is 27.1. The van der Waals surface area contributed by atoms with Crippen LogP contribution in [0.5, 0.6) is 0 Å². The number of benzene rings is 2. The van der Waals surface area contributed by atoms with Crippen LogP contribution >= 0.6 is 23.2 Å². The molecule has 3 rings (SSSR count). The smallest absolute Gasteiger partial charge is 0.270 e. The number of nitro groups is 1. The number of anilines is 1. The van der Waals surface area contributed by atoms with E-state index in [1.165, 1.54) is 40.7 Å². The zero-order chi connectivity index (χ0) is 20.5. The molecular formula is C17H14Cl2N4O4S. The Labute approximate surface area is 171 Å². The second kappa shape index (κ2) is 7.93. The first kappa shape index (κ1) is 20.4. The van der Waals surface area contributed by atoms with Crippen molar-refractivity contribution < 1.29 is 13.3 Å². The van der Waals surface area contributed by atoms with Gasteiger partial charge in [-0.15, -0.1) is 0 Å². The van der Waals surface area contributed by atoms with Gasteiger partial charge >= 0.3 is 0 Å². The number of sulfonamides is 1. The van der Waals surface area contributed by atoms with Crippen LogP contribution in [-0.2, 0) is 10.0 Å². The van der Waals surface area contributed by atoms with Crippen molar-refractivity contribution in [3.8, 4) is 6.07 Å². The maximum absolute atomic E-state index is 12.9. The Morgan fingerprint density at radius 1 is 1.07 bits per heavy atom. The van der Waals surface area contributed by atoms with Gasteiger partial charge in [-0.25, -0.2) is 8.42 Å². The Hall–Kier alpha value is -2.38. The van der Waals surface area contributed by atoms with E-state index in [0.29, 0.717) is 18.8 Å². The van der Waals surface area contributed by atoms with Crippen LogP contribution in [0, 0.1) is 21.4 Å². The fraction of sp³-hybridized carbons (Fsp3) is 0.235. The van der Waals surface area contributed by atoms with Gasteiger partial charge in [-0.2, -0.15) is 9.57 Å².